The van der Waals surface area contributed by atoms with E-state index in [9.17, 15) is 5.11 Å². The van der Waals surface area contributed by atoms with E-state index < -0.39 is 0 Å². The van der Waals surface area contributed by atoms with Gasteiger partial charge in [0.1, 0.15) is 10.7 Å². The smallest absolute Gasteiger partial charge is 0.134 e. The van der Waals surface area contributed by atoms with Crippen LogP contribution in [0.1, 0.15) is 38.3 Å². The van der Waals surface area contributed by atoms with Crippen LogP contribution in [0.2, 0.25) is 0 Å². The normalized spacial score (nSPS) is 31.8. The van der Waals surface area contributed by atoms with E-state index in [1.165, 1.54) is 24.4 Å². The number of anilines is 1. The van der Waals surface area contributed by atoms with Gasteiger partial charge in [0.2, 0.25) is 0 Å². The fourth-order valence-electron chi connectivity index (χ4n) is 3.28. The first-order chi connectivity index (χ1) is 8.78. The summed E-state index contributed by atoms with van der Waals surface area (Å²) in [6.45, 7) is 3.87. The number of nitrogens with zero attached hydrogens (tertiary/aromatic N) is 3. The molecule has 0 radical (unpaired) electrons. The fourth-order valence-corrected chi connectivity index (χ4v) is 3.92. The molecule has 1 aromatic rings. The molecule has 0 saturated carbocycles. The van der Waals surface area contributed by atoms with Crippen molar-refractivity contribution in [2.45, 2.75) is 57.3 Å². The van der Waals surface area contributed by atoms with Gasteiger partial charge in [0.25, 0.3) is 0 Å². The molecule has 3 heterocycles. The van der Waals surface area contributed by atoms with Gasteiger partial charge in [-0.15, -0.1) is 5.10 Å². The van der Waals surface area contributed by atoms with Crippen LogP contribution in [0.3, 0.4) is 0 Å². The predicted octanol–water partition coefficient (Wildman–Crippen LogP) is 1.46. The van der Waals surface area contributed by atoms with Gasteiger partial charge in [-0.05, 0) is 32.6 Å². The summed E-state index contributed by atoms with van der Waals surface area (Å²) in [6, 6.07) is 1.07. The Morgan fingerprint density at radius 3 is 2.78 bits per heavy atom. The molecule has 2 atom stereocenters. The minimum absolute atomic E-state index is 0.0967. The van der Waals surface area contributed by atoms with Crippen LogP contribution in [0.25, 0.3) is 0 Å². The number of aromatic nitrogens is 2. The first kappa shape index (κ1) is 12.3. The van der Waals surface area contributed by atoms with E-state index in [1.54, 1.807) is 0 Å². The van der Waals surface area contributed by atoms with Crippen molar-refractivity contribution in [3.05, 3.63) is 5.69 Å². The number of rotatable bonds is 4. The third-order valence-corrected chi connectivity index (χ3v) is 4.81. The van der Waals surface area contributed by atoms with E-state index in [1.807, 2.05) is 0 Å². The Bertz CT molecular complexity index is 397. The highest BCUT2D eigenvalue weighted by molar-refractivity contribution is 7.10. The number of aliphatic hydroxyl groups is 1. The quantitative estimate of drug-likeness (QED) is 0.865. The number of fused-ring (bicyclic) bond motifs is 2. The van der Waals surface area contributed by atoms with Gasteiger partial charge in [-0.2, -0.15) is 0 Å². The second-order valence-electron chi connectivity index (χ2n) is 5.26. The maximum atomic E-state index is 9.81. The van der Waals surface area contributed by atoms with E-state index in [0.29, 0.717) is 12.1 Å². The van der Waals surface area contributed by atoms with E-state index in [4.69, 9.17) is 0 Å². The van der Waals surface area contributed by atoms with Crippen LogP contribution in [-0.2, 0) is 6.54 Å². The number of hydrogen-bond donors (Lipinski definition) is 2. The van der Waals surface area contributed by atoms with Crippen molar-refractivity contribution in [2.24, 2.45) is 0 Å². The molecule has 2 bridgehead atoms. The van der Waals surface area contributed by atoms with Crippen molar-refractivity contribution >= 4 is 16.5 Å². The Morgan fingerprint density at radius 1 is 1.39 bits per heavy atom. The average molecular weight is 268 g/mol. The molecule has 2 N–H and O–H groups in total. The van der Waals surface area contributed by atoms with Crippen LogP contribution in [0.4, 0.5) is 5.00 Å². The zero-order valence-electron chi connectivity index (χ0n) is 10.7. The molecular weight excluding hydrogens is 248 g/mol. The van der Waals surface area contributed by atoms with Crippen molar-refractivity contribution in [3.63, 3.8) is 0 Å². The van der Waals surface area contributed by atoms with Gasteiger partial charge in [0.05, 0.1) is 6.10 Å². The van der Waals surface area contributed by atoms with Crippen molar-refractivity contribution in [1.82, 2.24) is 14.5 Å². The summed E-state index contributed by atoms with van der Waals surface area (Å²) in [6.07, 6.45) is 4.18. The highest BCUT2D eigenvalue weighted by Gasteiger charge is 2.40. The lowest BCUT2D eigenvalue weighted by Crippen LogP contribution is -2.44. The molecule has 0 aromatic carbocycles. The third-order valence-electron chi connectivity index (χ3n) is 4.08. The molecule has 1 aromatic heterocycles. The zero-order chi connectivity index (χ0) is 12.5. The van der Waals surface area contributed by atoms with Crippen LogP contribution in [0, 0.1) is 0 Å². The molecule has 0 aliphatic carbocycles. The van der Waals surface area contributed by atoms with Crippen molar-refractivity contribution < 1.29 is 5.11 Å². The Labute approximate surface area is 111 Å². The largest absolute Gasteiger partial charge is 0.393 e. The zero-order valence-corrected chi connectivity index (χ0v) is 11.5. The Balaban J connectivity index is 1.71. The van der Waals surface area contributed by atoms with Gasteiger partial charge < -0.3 is 10.4 Å². The average Bonchev–Trinajstić information content (AvgIpc) is 2.86. The van der Waals surface area contributed by atoms with Gasteiger partial charge in [0.15, 0.2) is 0 Å². The standard InChI is InChI=1S/C12H20N4OS/c1-2-13-12-11(14-15-18-12)7-16-8-3-4-9(16)6-10(17)5-8/h8-10,13,17H,2-7H2,1H3. The molecule has 0 spiro atoms. The molecule has 2 aliphatic rings. The van der Waals surface area contributed by atoms with E-state index in [2.05, 4.69) is 26.7 Å². The third kappa shape index (κ3) is 2.24. The van der Waals surface area contributed by atoms with Crippen LogP contribution >= 0.6 is 11.5 Å². The maximum Gasteiger partial charge on any atom is 0.134 e. The highest BCUT2D eigenvalue weighted by Crippen LogP contribution is 2.37. The molecule has 2 aliphatic heterocycles. The van der Waals surface area contributed by atoms with Gasteiger partial charge in [-0.3, -0.25) is 4.90 Å². The first-order valence-electron chi connectivity index (χ1n) is 6.76. The summed E-state index contributed by atoms with van der Waals surface area (Å²) in [4.78, 5) is 2.52. The number of piperidine rings is 1. The highest BCUT2D eigenvalue weighted by atomic mass is 32.1. The molecule has 100 valence electrons. The molecule has 2 unspecified atom stereocenters. The lowest BCUT2D eigenvalue weighted by atomic mass is 10.00. The number of aliphatic hydroxyl groups excluding tert-OH is 1. The van der Waals surface area contributed by atoms with Gasteiger partial charge in [-0.25, -0.2) is 0 Å². The Kier molecular flexibility index (Phi) is 3.50. The minimum atomic E-state index is -0.0967. The van der Waals surface area contributed by atoms with Crippen molar-refractivity contribution in [3.8, 4) is 0 Å². The molecule has 2 fully saturated rings. The van der Waals surface area contributed by atoms with Crippen LogP contribution < -0.4 is 5.32 Å². The van der Waals surface area contributed by atoms with Gasteiger partial charge >= 0.3 is 0 Å². The molecule has 6 heteroatoms. The second-order valence-corrected chi connectivity index (χ2v) is 6.02. The topological polar surface area (TPSA) is 61.3 Å². The summed E-state index contributed by atoms with van der Waals surface area (Å²) < 4.78 is 4.04. The fraction of sp³-hybridized carbons (Fsp3) is 0.833. The lowest BCUT2D eigenvalue weighted by molar-refractivity contribution is 0.0305. The van der Waals surface area contributed by atoms with Crippen molar-refractivity contribution in [1.29, 1.82) is 0 Å². The predicted molar refractivity (Wildman–Crippen MR) is 71.7 cm³/mol. The molecule has 0 amide bonds. The molecule has 3 rings (SSSR count). The maximum absolute atomic E-state index is 9.81. The van der Waals surface area contributed by atoms with Crippen LogP contribution in [0.15, 0.2) is 0 Å². The summed E-state index contributed by atoms with van der Waals surface area (Å²) >= 11 is 1.44. The van der Waals surface area contributed by atoms with E-state index in [-0.39, 0.29) is 6.10 Å². The second kappa shape index (κ2) is 5.11. The summed E-state index contributed by atoms with van der Waals surface area (Å²) in [5.74, 6) is 0. The van der Waals surface area contributed by atoms with E-state index in [0.717, 1.165) is 36.6 Å². The van der Waals surface area contributed by atoms with Crippen LogP contribution in [0.5, 0.6) is 0 Å². The lowest BCUT2D eigenvalue weighted by Gasteiger charge is -2.36. The Morgan fingerprint density at radius 2 is 2.11 bits per heavy atom. The summed E-state index contributed by atoms with van der Waals surface area (Å²) in [7, 11) is 0. The molecular formula is C12H20N4OS. The Hall–Kier alpha value is -0.720. The summed E-state index contributed by atoms with van der Waals surface area (Å²) in [5, 5.41) is 18.5. The molecule has 2 saturated heterocycles. The number of hydrogen-bond acceptors (Lipinski definition) is 6. The SMILES string of the molecule is CCNc1snnc1CN1C2CCC1CC(O)C2. The molecule has 18 heavy (non-hydrogen) atoms. The van der Waals surface area contributed by atoms with E-state index >= 15 is 0 Å². The van der Waals surface area contributed by atoms with Gasteiger partial charge in [-0.1, -0.05) is 4.49 Å². The van der Waals surface area contributed by atoms with Crippen LogP contribution in [-0.4, -0.2) is 44.3 Å². The summed E-state index contributed by atoms with van der Waals surface area (Å²) in [5.41, 5.74) is 1.06. The number of nitrogens with one attached hydrogen (secondary N) is 1. The minimum Gasteiger partial charge on any atom is -0.393 e. The van der Waals surface area contributed by atoms with Gasteiger partial charge in [0, 0.05) is 36.7 Å². The first-order valence-corrected chi connectivity index (χ1v) is 7.54. The monoisotopic (exact) mass is 268 g/mol. The van der Waals surface area contributed by atoms with Crippen molar-refractivity contribution in [2.75, 3.05) is 11.9 Å². The molecule has 5 nitrogen and oxygen atoms in total.